The van der Waals surface area contributed by atoms with Gasteiger partial charge in [0.1, 0.15) is 5.84 Å². The van der Waals surface area contributed by atoms with Crippen LogP contribution in [0.2, 0.25) is 0 Å². The van der Waals surface area contributed by atoms with E-state index in [1.54, 1.807) is 0 Å². The molecule has 0 bridgehead atoms. The van der Waals surface area contributed by atoms with Crippen LogP contribution in [-0.2, 0) is 6.54 Å². The van der Waals surface area contributed by atoms with Crippen LogP contribution in [0.5, 0.6) is 0 Å². The molecule has 0 saturated carbocycles. The number of hydrogen-bond acceptors (Lipinski definition) is 2. The number of benzene rings is 1. The maximum atomic E-state index is 7.43. The van der Waals surface area contributed by atoms with Crippen molar-refractivity contribution >= 4 is 5.84 Å². The molecule has 0 radical (unpaired) electrons. The van der Waals surface area contributed by atoms with E-state index in [-0.39, 0.29) is 5.84 Å². The lowest BCUT2D eigenvalue weighted by atomic mass is 10.1. The molecule has 0 aliphatic carbocycles. The first kappa shape index (κ1) is 13.7. The van der Waals surface area contributed by atoms with E-state index in [2.05, 4.69) is 31.9 Å². The topological polar surface area (TPSA) is 53.1 Å². The molecule has 0 fully saturated rings. The van der Waals surface area contributed by atoms with E-state index < -0.39 is 0 Å². The van der Waals surface area contributed by atoms with Crippen LogP contribution in [0.15, 0.2) is 24.3 Å². The molecule has 1 aromatic rings. The van der Waals surface area contributed by atoms with Crippen molar-refractivity contribution in [2.45, 2.75) is 39.3 Å². The summed E-state index contributed by atoms with van der Waals surface area (Å²) in [7, 11) is 2.14. The summed E-state index contributed by atoms with van der Waals surface area (Å²) in [4.78, 5) is 2.34. The summed E-state index contributed by atoms with van der Waals surface area (Å²) in [5.74, 6) is 0.135. The second-order valence-corrected chi connectivity index (χ2v) is 4.67. The first-order valence-corrected chi connectivity index (χ1v) is 6.18. The fourth-order valence-corrected chi connectivity index (χ4v) is 1.92. The lowest BCUT2D eigenvalue weighted by Crippen LogP contribution is -2.28. The Morgan fingerprint density at radius 3 is 2.76 bits per heavy atom. The molecule has 1 unspecified atom stereocenters. The van der Waals surface area contributed by atoms with E-state index >= 15 is 0 Å². The number of nitrogens with zero attached hydrogens (tertiary/aromatic N) is 1. The Hall–Kier alpha value is -1.35. The second-order valence-electron chi connectivity index (χ2n) is 4.67. The molecule has 17 heavy (non-hydrogen) atoms. The van der Waals surface area contributed by atoms with Gasteiger partial charge in [0.2, 0.25) is 0 Å². The normalized spacial score (nSPS) is 12.7. The zero-order valence-corrected chi connectivity index (χ0v) is 11.0. The van der Waals surface area contributed by atoms with E-state index in [4.69, 9.17) is 11.1 Å². The van der Waals surface area contributed by atoms with Crippen molar-refractivity contribution < 1.29 is 0 Å². The van der Waals surface area contributed by atoms with E-state index in [9.17, 15) is 0 Å². The molecule has 0 spiro atoms. The summed E-state index contributed by atoms with van der Waals surface area (Å²) >= 11 is 0. The first-order valence-electron chi connectivity index (χ1n) is 6.18. The van der Waals surface area contributed by atoms with Crippen LogP contribution in [0.1, 0.15) is 37.8 Å². The monoisotopic (exact) mass is 233 g/mol. The van der Waals surface area contributed by atoms with Crippen molar-refractivity contribution in [3.8, 4) is 0 Å². The average molecular weight is 233 g/mol. The lowest BCUT2D eigenvalue weighted by molar-refractivity contribution is 0.237. The molecule has 0 heterocycles. The molecule has 0 aliphatic rings. The van der Waals surface area contributed by atoms with Gasteiger partial charge in [-0.1, -0.05) is 31.5 Å². The van der Waals surface area contributed by atoms with Crippen molar-refractivity contribution in [3.63, 3.8) is 0 Å². The summed E-state index contributed by atoms with van der Waals surface area (Å²) in [6.45, 7) is 5.36. The fourth-order valence-electron chi connectivity index (χ4n) is 1.92. The van der Waals surface area contributed by atoms with Crippen LogP contribution in [0.4, 0.5) is 0 Å². The van der Waals surface area contributed by atoms with Gasteiger partial charge in [0, 0.05) is 18.2 Å². The Kier molecular flexibility index (Phi) is 5.16. The highest BCUT2D eigenvalue weighted by atomic mass is 15.1. The summed E-state index contributed by atoms with van der Waals surface area (Å²) in [6, 6.07) is 8.51. The third-order valence-corrected chi connectivity index (χ3v) is 3.13. The van der Waals surface area contributed by atoms with Gasteiger partial charge in [-0.2, -0.15) is 0 Å². The highest BCUT2D eigenvalue weighted by molar-refractivity contribution is 5.95. The van der Waals surface area contributed by atoms with Crippen LogP contribution >= 0.6 is 0 Å². The Morgan fingerprint density at radius 1 is 1.47 bits per heavy atom. The summed E-state index contributed by atoms with van der Waals surface area (Å²) in [5, 5.41) is 7.43. The number of nitrogen functional groups attached to an aromatic ring is 1. The summed E-state index contributed by atoms with van der Waals surface area (Å²) < 4.78 is 0. The Balaban J connectivity index is 2.68. The van der Waals surface area contributed by atoms with Gasteiger partial charge in [0.05, 0.1) is 0 Å². The first-order chi connectivity index (χ1) is 8.04. The minimum absolute atomic E-state index is 0.135. The molecule has 1 atom stereocenters. The van der Waals surface area contributed by atoms with Crippen molar-refractivity contribution in [2.75, 3.05) is 7.05 Å². The van der Waals surface area contributed by atoms with Gasteiger partial charge < -0.3 is 5.73 Å². The third kappa shape index (κ3) is 4.19. The number of amidine groups is 1. The fraction of sp³-hybridized carbons (Fsp3) is 0.500. The quantitative estimate of drug-likeness (QED) is 0.586. The molecule has 0 aliphatic heterocycles. The van der Waals surface area contributed by atoms with Gasteiger partial charge in [0.25, 0.3) is 0 Å². The van der Waals surface area contributed by atoms with Gasteiger partial charge >= 0.3 is 0 Å². The smallest absolute Gasteiger partial charge is 0.122 e. The molecule has 94 valence electrons. The van der Waals surface area contributed by atoms with Crippen LogP contribution in [-0.4, -0.2) is 23.8 Å². The minimum Gasteiger partial charge on any atom is -0.384 e. The third-order valence-electron chi connectivity index (χ3n) is 3.13. The molecular weight excluding hydrogens is 210 g/mol. The maximum Gasteiger partial charge on any atom is 0.122 e. The van der Waals surface area contributed by atoms with Crippen molar-refractivity contribution in [2.24, 2.45) is 5.73 Å². The van der Waals surface area contributed by atoms with Crippen LogP contribution < -0.4 is 5.73 Å². The molecule has 1 rings (SSSR count). The van der Waals surface area contributed by atoms with Crippen molar-refractivity contribution in [1.29, 1.82) is 5.41 Å². The molecule has 1 aromatic carbocycles. The summed E-state index contributed by atoms with van der Waals surface area (Å²) in [5.41, 5.74) is 7.51. The highest BCUT2D eigenvalue weighted by Crippen LogP contribution is 2.11. The van der Waals surface area contributed by atoms with Gasteiger partial charge in [-0.25, -0.2) is 0 Å². The maximum absolute atomic E-state index is 7.43. The average Bonchev–Trinajstić information content (AvgIpc) is 2.29. The molecule has 3 nitrogen and oxygen atoms in total. The Bertz CT molecular complexity index is 373. The standard InChI is InChI=1S/C14H23N3/c1-4-6-11(2)17(3)10-12-7-5-8-13(9-12)14(15)16/h5,7-9,11H,4,6,10H2,1-3H3,(H3,15,16). The van der Waals surface area contributed by atoms with Gasteiger partial charge in [-0.15, -0.1) is 0 Å². The predicted octanol–water partition coefficient (Wildman–Crippen LogP) is 2.59. The molecule has 3 N–H and O–H groups in total. The Labute approximate surface area is 104 Å². The number of hydrogen-bond donors (Lipinski definition) is 2. The van der Waals surface area contributed by atoms with E-state index in [1.165, 1.54) is 18.4 Å². The van der Waals surface area contributed by atoms with E-state index in [1.807, 2.05) is 18.2 Å². The van der Waals surface area contributed by atoms with Crippen molar-refractivity contribution in [3.05, 3.63) is 35.4 Å². The lowest BCUT2D eigenvalue weighted by Gasteiger charge is -2.24. The minimum atomic E-state index is 0.135. The van der Waals surface area contributed by atoms with Gasteiger partial charge in [0.15, 0.2) is 0 Å². The SMILES string of the molecule is CCCC(C)N(C)Cc1cccc(C(=N)N)c1. The zero-order valence-electron chi connectivity index (χ0n) is 11.0. The van der Waals surface area contributed by atoms with E-state index in [0.29, 0.717) is 6.04 Å². The van der Waals surface area contributed by atoms with E-state index in [0.717, 1.165) is 12.1 Å². The van der Waals surface area contributed by atoms with Crippen LogP contribution in [0.25, 0.3) is 0 Å². The molecular formula is C14H23N3. The predicted molar refractivity (Wildman–Crippen MR) is 73.3 cm³/mol. The molecule has 0 aromatic heterocycles. The van der Waals surface area contributed by atoms with Gasteiger partial charge in [-0.3, -0.25) is 10.3 Å². The number of nitrogens with one attached hydrogen (secondary N) is 1. The number of nitrogens with two attached hydrogens (primary N) is 1. The largest absolute Gasteiger partial charge is 0.384 e. The van der Waals surface area contributed by atoms with Crippen LogP contribution in [0.3, 0.4) is 0 Å². The summed E-state index contributed by atoms with van der Waals surface area (Å²) in [6.07, 6.45) is 2.42. The highest BCUT2D eigenvalue weighted by Gasteiger charge is 2.08. The van der Waals surface area contributed by atoms with Crippen LogP contribution in [0, 0.1) is 5.41 Å². The Morgan fingerprint density at radius 2 is 2.18 bits per heavy atom. The molecule has 0 amide bonds. The second kappa shape index (κ2) is 6.40. The molecule has 0 saturated heterocycles. The number of rotatable bonds is 6. The zero-order chi connectivity index (χ0) is 12.8. The van der Waals surface area contributed by atoms with Crippen molar-refractivity contribution in [1.82, 2.24) is 4.90 Å². The van der Waals surface area contributed by atoms with Gasteiger partial charge in [-0.05, 0) is 32.0 Å². The molecule has 3 heteroatoms.